The molecule has 0 spiro atoms. The third-order valence-corrected chi connectivity index (χ3v) is 3.61. The molecule has 0 saturated carbocycles. The number of nitrogens with zero attached hydrogens (tertiary/aromatic N) is 2. The van der Waals surface area contributed by atoms with Gasteiger partial charge >= 0.3 is 0 Å². The standard InChI is InChI=1S/C13H11N3O4/c1-15-10(17)5-9(13(15)20)16-11(18)7-3-2-6(14)4-8(7)12(16)19/h2-4,9H,5,14H2,1H3. The fourth-order valence-electron chi connectivity index (χ4n) is 2.50. The van der Waals surface area contributed by atoms with E-state index in [2.05, 4.69) is 0 Å². The average Bonchev–Trinajstić information content (AvgIpc) is 2.79. The topological polar surface area (TPSA) is 101 Å². The summed E-state index contributed by atoms with van der Waals surface area (Å²) >= 11 is 0. The number of likely N-dealkylation sites (tertiary alicyclic amines) is 1. The summed E-state index contributed by atoms with van der Waals surface area (Å²) in [6.07, 6.45) is -0.170. The van der Waals surface area contributed by atoms with E-state index in [9.17, 15) is 19.2 Å². The summed E-state index contributed by atoms with van der Waals surface area (Å²) in [7, 11) is 1.33. The van der Waals surface area contributed by atoms with Gasteiger partial charge < -0.3 is 5.73 Å². The van der Waals surface area contributed by atoms with Crippen molar-refractivity contribution in [2.45, 2.75) is 12.5 Å². The zero-order valence-corrected chi connectivity index (χ0v) is 10.6. The van der Waals surface area contributed by atoms with Crippen molar-refractivity contribution in [3.63, 3.8) is 0 Å². The zero-order chi connectivity index (χ0) is 14.6. The van der Waals surface area contributed by atoms with Crippen LogP contribution in [0, 0.1) is 0 Å². The minimum Gasteiger partial charge on any atom is -0.399 e. The molecule has 1 aromatic rings. The number of fused-ring (bicyclic) bond motifs is 1. The van der Waals surface area contributed by atoms with Crippen molar-refractivity contribution in [1.29, 1.82) is 0 Å². The number of rotatable bonds is 1. The van der Waals surface area contributed by atoms with E-state index in [1.165, 1.54) is 25.2 Å². The molecular formula is C13H11N3O4. The van der Waals surface area contributed by atoms with Gasteiger partial charge in [0.15, 0.2) is 0 Å². The van der Waals surface area contributed by atoms with Gasteiger partial charge in [-0.2, -0.15) is 0 Å². The Balaban J connectivity index is 2.03. The summed E-state index contributed by atoms with van der Waals surface area (Å²) in [4.78, 5) is 49.8. The maximum atomic E-state index is 12.3. The summed E-state index contributed by atoms with van der Waals surface area (Å²) in [6.45, 7) is 0. The van der Waals surface area contributed by atoms with Gasteiger partial charge in [-0.25, -0.2) is 0 Å². The Hall–Kier alpha value is -2.70. The largest absolute Gasteiger partial charge is 0.399 e. The highest BCUT2D eigenvalue weighted by Crippen LogP contribution is 2.29. The van der Waals surface area contributed by atoms with Crippen LogP contribution in [-0.2, 0) is 9.59 Å². The molecule has 7 heteroatoms. The molecule has 2 N–H and O–H groups in total. The third kappa shape index (κ3) is 1.46. The fraction of sp³-hybridized carbons (Fsp3) is 0.231. The van der Waals surface area contributed by atoms with Crippen LogP contribution in [0.4, 0.5) is 5.69 Å². The zero-order valence-electron chi connectivity index (χ0n) is 10.6. The average molecular weight is 273 g/mol. The van der Waals surface area contributed by atoms with Gasteiger partial charge in [-0.1, -0.05) is 0 Å². The number of benzene rings is 1. The first kappa shape index (κ1) is 12.3. The Bertz CT molecular complexity index is 682. The van der Waals surface area contributed by atoms with Gasteiger partial charge in [0.25, 0.3) is 17.7 Å². The number of amides is 4. The summed E-state index contributed by atoms with van der Waals surface area (Å²) in [5.74, 6) is -2.10. The number of nitrogens with two attached hydrogens (primary N) is 1. The fourth-order valence-corrected chi connectivity index (χ4v) is 2.50. The molecule has 1 saturated heterocycles. The molecule has 2 aliphatic heterocycles. The molecule has 7 nitrogen and oxygen atoms in total. The Kier molecular flexibility index (Phi) is 2.40. The number of likely N-dealkylation sites (N-methyl/N-ethyl adjacent to an activating group) is 1. The normalized spacial score (nSPS) is 21.9. The van der Waals surface area contributed by atoms with Gasteiger partial charge in [-0.3, -0.25) is 29.0 Å². The molecule has 0 aliphatic carbocycles. The number of imide groups is 2. The lowest BCUT2D eigenvalue weighted by Crippen LogP contribution is -2.44. The van der Waals surface area contributed by atoms with Crippen LogP contribution in [-0.4, -0.2) is 46.5 Å². The van der Waals surface area contributed by atoms with Gasteiger partial charge in [0.2, 0.25) is 5.91 Å². The lowest BCUT2D eigenvalue weighted by molar-refractivity contribution is -0.137. The molecule has 3 rings (SSSR count). The molecule has 1 aromatic carbocycles. The smallest absolute Gasteiger partial charge is 0.262 e. The molecule has 0 bridgehead atoms. The number of carbonyl (C=O) groups excluding carboxylic acids is 4. The predicted octanol–water partition coefficient (Wildman–Crippen LogP) is -0.378. The van der Waals surface area contributed by atoms with Gasteiger partial charge in [-0.05, 0) is 18.2 Å². The first-order valence-electron chi connectivity index (χ1n) is 5.99. The molecule has 2 heterocycles. The molecule has 0 aromatic heterocycles. The van der Waals surface area contributed by atoms with E-state index < -0.39 is 29.7 Å². The molecular weight excluding hydrogens is 262 g/mol. The molecule has 1 fully saturated rings. The lowest BCUT2D eigenvalue weighted by atomic mass is 10.1. The number of hydrogen-bond donors (Lipinski definition) is 1. The third-order valence-electron chi connectivity index (χ3n) is 3.61. The van der Waals surface area contributed by atoms with Crippen LogP contribution in [0.2, 0.25) is 0 Å². The van der Waals surface area contributed by atoms with Crippen LogP contribution in [0.25, 0.3) is 0 Å². The SMILES string of the molecule is CN1C(=O)CC(N2C(=O)c3ccc(N)cc3C2=O)C1=O. The Morgan fingerprint density at radius 1 is 1.10 bits per heavy atom. The Morgan fingerprint density at radius 3 is 2.35 bits per heavy atom. The van der Waals surface area contributed by atoms with Crippen molar-refractivity contribution in [3.05, 3.63) is 29.3 Å². The van der Waals surface area contributed by atoms with E-state index >= 15 is 0 Å². The lowest BCUT2D eigenvalue weighted by Gasteiger charge is -2.19. The van der Waals surface area contributed by atoms with Gasteiger partial charge in [0.1, 0.15) is 6.04 Å². The van der Waals surface area contributed by atoms with Crippen molar-refractivity contribution in [1.82, 2.24) is 9.80 Å². The predicted molar refractivity (Wildman–Crippen MR) is 67.5 cm³/mol. The summed E-state index contributed by atoms with van der Waals surface area (Å²) < 4.78 is 0. The number of carbonyl (C=O) groups is 4. The van der Waals surface area contributed by atoms with Crippen molar-refractivity contribution >= 4 is 29.3 Å². The quantitative estimate of drug-likeness (QED) is 0.555. The molecule has 20 heavy (non-hydrogen) atoms. The second-order valence-corrected chi connectivity index (χ2v) is 4.80. The van der Waals surface area contributed by atoms with E-state index in [-0.39, 0.29) is 17.5 Å². The van der Waals surface area contributed by atoms with Crippen molar-refractivity contribution in [2.75, 3.05) is 12.8 Å². The molecule has 2 aliphatic rings. The molecule has 0 radical (unpaired) electrons. The monoisotopic (exact) mass is 273 g/mol. The van der Waals surface area contributed by atoms with E-state index in [4.69, 9.17) is 5.73 Å². The van der Waals surface area contributed by atoms with Gasteiger partial charge in [0.05, 0.1) is 17.5 Å². The van der Waals surface area contributed by atoms with E-state index in [1.54, 1.807) is 0 Å². The first-order valence-corrected chi connectivity index (χ1v) is 5.99. The van der Waals surface area contributed by atoms with E-state index in [1.807, 2.05) is 0 Å². The van der Waals surface area contributed by atoms with Crippen LogP contribution >= 0.6 is 0 Å². The Morgan fingerprint density at radius 2 is 1.75 bits per heavy atom. The highest BCUT2D eigenvalue weighted by atomic mass is 16.2. The van der Waals surface area contributed by atoms with Gasteiger partial charge in [0, 0.05) is 12.7 Å². The minimum absolute atomic E-state index is 0.170. The van der Waals surface area contributed by atoms with Crippen molar-refractivity contribution in [2.24, 2.45) is 0 Å². The molecule has 102 valence electrons. The summed E-state index contributed by atoms with van der Waals surface area (Å²) in [5, 5.41) is 0. The maximum absolute atomic E-state index is 12.3. The second-order valence-electron chi connectivity index (χ2n) is 4.80. The van der Waals surface area contributed by atoms with Gasteiger partial charge in [-0.15, -0.1) is 0 Å². The van der Waals surface area contributed by atoms with E-state index in [0.717, 1.165) is 9.80 Å². The Labute approximate surface area is 113 Å². The summed E-state index contributed by atoms with van der Waals surface area (Å²) in [5.41, 5.74) is 6.33. The number of hydrogen-bond acceptors (Lipinski definition) is 5. The van der Waals surface area contributed by atoms with Crippen molar-refractivity contribution in [3.8, 4) is 0 Å². The highest BCUT2D eigenvalue weighted by molar-refractivity contribution is 6.24. The van der Waals surface area contributed by atoms with Crippen LogP contribution in [0.5, 0.6) is 0 Å². The first-order chi connectivity index (χ1) is 9.41. The van der Waals surface area contributed by atoms with E-state index in [0.29, 0.717) is 5.69 Å². The van der Waals surface area contributed by atoms with Crippen molar-refractivity contribution < 1.29 is 19.2 Å². The maximum Gasteiger partial charge on any atom is 0.262 e. The second kappa shape index (κ2) is 3.89. The van der Waals surface area contributed by atoms with Crippen LogP contribution in [0.1, 0.15) is 27.1 Å². The van der Waals surface area contributed by atoms with Crippen LogP contribution < -0.4 is 5.73 Å². The highest BCUT2D eigenvalue weighted by Gasteiger charge is 2.48. The summed E-state index contributed by atoms with van der Waals surface area (Å²) in [6, 6.07) is 3.32. The minimum atomic E-state index is -1.05. The number of anilines is 1. The van der Waals surface area contributed by atoms with Crippen LogP contribution in [0.3, 0.4) is 0 Å². The number of nitrogen functional groups attached to an aromatic ring is 1. The molecule has 1 atom stereocenters. The van der Waals surface area contributed by atoms with Crippen LogP contribution in [0.15, 0.2) is 18.2 Å². The molecule has 1 unspecified atom stereocenters. The molecule has 4 amide bonds.